The Bertz CT molecular complexity index is 1060. The SMILES string of the molecule is O=C(CN1C(=O)CCC1=O)NCCc1csc2nc(-c3cccc(F)c3)nn12. The van der Waals surface area contributed by atoms with Gasteiger partial charge in [-0.05, 0) is 12.1 Å². The van der Waals surface area contributed by atoms with E-state index in [1.54, 1.807) is 16.6 Å². The number of aromatic nitrogens is 3. The lowest BCUT2D eigenvalue weighted by atomic mass is 10.2. The highest BCUT2D eigenvalue weighted by molar-refractivity contribution is 7.15. The number of rotatable bonds is 6. The van der Waals surface area contributed by atoms with Crippen LogP contribution in [0.3, 0.4) is 0 Å². The monoisotopic (exact) mass is 401 g/mol. The molecule has 0 atom stereocenters. The molecule has 1 aromatic carbocycles. The Kier molecular flexibility index (Phi) is 4.86. The number of carbonyl (C=O) groups is 3. The van der Waals surface area contributed by atoms with Gasteiger partial charge < -0.3 is 5.32 Å². The normalized spacial score (nSPS) is 14.2. The van der Waals surface area contributed by atoms with Gasteiger partial charge in [0.05, 0.1) is 5.69 Å². The molecule has 1 aliphatic rings. The van der Waals surface area contributed by atoms with Gasteiger partial charge in [-0.2, -0.15) is 4.98 Å². The fourth-order valence-corrected chi connectivity index (χ4v) is 3.83. The summed E-state index contributed by atoms with van der Waals surface area (Å²) in [6.07, 6.45) is 0.831. The van der Waals surface area contributed by atoms with E-state index >= 15 is 0 Å². The Labute approximate surface area is 163 Å². The average molecular weight is 401 g/mol. The number of carbonyl (C=O) groups excluding carboxylic acids is 3. The molecule has 1 N–H and O–H groups in total. The Hall–Kier alpha value is -3.14. The number of benzene rings is 1. The Morgan fingerprint density at radius 3 is 2.79 bits per heavy atom. The molecule has 4 rings (SSSR count). The van der Waals surface area contributed by atoms with E-state index in [0.29, 0.717) is 29.3 Å². The van der Waals surface area contributed by atoms with Gasteiger partial charge in [-0.25, -0.2) is 8.91 Å². The molecular formula is C18H16FN5O3S. The predicted molar refractivity (Wildman–Crippen MR) is 98.9 cm³/mol. The molecule has 144 valence electrons. The van der Waals surface area contributed by atoms with Gasteiger partial charge in [0.25, 0.3) is 0 Å². The van der Waals surface area contributed by atoms with Crippen LogP contribution in [0.2, 0.25) is 0 Å². The number of halogens is 1. The zero-order valence-corrected chi connectivity index (χ0v) is 15.5. The van der Waals surface area contributed by atoms with Crippen LogP contribution in [-0.4, -0.2) is 50.3 Å². The summed E-state index contributed by atoms with van der Waals surface area (Å²) >= 11 is 1.40. The summed E-state index contributed by atoms with van der Waals surface area (Å²) in [7, 11) is 0. The third-order valence-electron chi connectivity index (χ3n) is 4.39. The van der Waals surface area contributed by atoms with Crippen molar-refractivity contribution in [3.05, 3.63) is 41.2 Å². The lowest BCUT2D eigenvalue weighted by Crippen LogP contribution is -2.40. The van der Waals surface area contributed by atoms with Gasteiger partial charge in [-0.15, -0.1) is 16.4 Å². The molecule has 3 heterocycles. The van der Waals surface area contributed by atoms with Crippen molar-refractivity contribution < 1.29 is 18.8 Å². The first-order valence-electron chi connectivity index (χ1n) is 8.70. The maximum Gasteiger partial charge on any atom is 0.240 e. The predicted octanol–water partition coefficient (Wildman–Crippen LogP) is 1.40. The first-order chi connectivity index (χ1) is 13.5. The van der Waals surface area contributed by atoms with Crippen molar-refractivity contribution in [2.24, 2.45) is 0 Å². The standard InChI is InChI=1S/C18H16FN5O3S/c19-12-3-1-2-11(8-12)17-21-18-24(22-17)13(10-28-18)6-7-20-14(25)9-23-15(26)4-5-16(23)27/h1-3,8,10H,4-7,9H2,(H,20,25). The Morgan fingerprint density at radius 2 is 2.04 bits per heavy atom. The molecule has 3 aromatic rings. The fourth-order valence-electron chi connectivity index (χ4n) is 2.98. The lowest BCUT2D eigenvalue weighted by Gasteiger charge is -2.13. The first kappa shape index (κ1) is 18.2. The second kappa shape index (κ2) is 7.47. The molecule has 3 amide bonds. The van der Waals surface area contributed by atoms with Gasteiger partial charge in [-0.1, -0.05) is 12.1 Å². The van der Waals surface area contributed by atoms with E-state index in [4.69, 9.17) is 0 Å². The van der Waals surface area contributed by atoms with Gasteiger partial charge >= 0.3 is 0 Å². The maximum absolute atomic E-state index is 13.4. The number of thiazole rings is 1. The van der Waals surface area contributed by atoms with Crippen LogP contribution in [0.25, 0.3) is 16.3 Å². The van der Waals surface area contributed by atoms with Gasteiger partial charge in [0.15, 0.2) is 5.82 Å². The molecule has 0 bridgehead atoms. The van der Waals surface area contributed by atoms with E-state index in [1.165, 1.54) is 23.5 Å². The van der Waals surface area contributed by atoms with Crippen molar-refractivity contribution in [1.29, 1.82) is 0 Å². The number of fused-ring (bicyclic) bond motifs is 1. The summed E-state index contributed by atoms with van der Waals surface area (Å²) in [5.41, 5.74) is 1.44. The van der Waals surface area contributed by atoms with E-state index in [1.807, 2.05) is 5.38 Å². The van der Waals surface area contributed by atoms with Gasteiger partial charge in [0.1, 0.15) is 12.4 Å². The molecular weight excluding hydrogens is 385 g/mol. The van der Waals surface area contributed by atoms with Crippen LogP contribution < -0.4 is 5.32 Å². The lowest BCUT2D eigenvalue weighted by molar-refractivity contribution is -0.142. The molecule has 0 unspecified atom stereocenters. The van der Waals surface area contributed by atoms with E-state index in [9.17, 15) is 18.8 Å². The molecule has 1 aliphatic heterocycles. The highest BCUT2D eigenvalue weighted by Gasteiger charge is 2.30. The van der Waals surface area contributed by atoms with Crippen LogP contribution in [0.1, 0.15) is 18.5 Å². The summed E-state index contributed by atoms with van der Waals surface area (Å²) in [6.45, 7) is 0.0831. The summed E-state index contributed by atoms with van der Waals surface area (Å²) in [4.78, 5) is 41.2. The minimum Gasteiger partial charge on any atom is -0.354 e. The molecule has 0 radical (unpaired) electrons. The summed E-state index contributed by atoms with van der Waals surface area (Å²) in [6, 6.07) is 6.08. The minimum absolute atomic E-state index is 0.166. The highest BCUT2D eigenvalue weighted by Crippen LogP contribution is 2.21. The second-order valence-corrected chi connectivity index (χ2v) is 7.18. The molecule has 0 saturated carbocycles. The van der Waals surface area contributed by atoms with Crippen LogP contribution in [0.5, 0.6) is 0 Å². The number of likely N-dealkylation sites (tertiary alicyclic amines) is 1. The number of nitrogens with zero attached hydrogens (tertiary/aromatic N) is 4. The van der Waals surface area contributed by atoms with Crippen LogP contribution in [0.15, 0.2) is 29.6 Å². The average Bonchev–Trinajstić information content (AvgIpc) is 3.33. The van der Waals surface area contributed by atoms with E-state index in [2.05, 4.69) is 15.4 Å². The number of nitrogens with one attached hydrogen (secondary N) is 1. The molecule has 28 heavy (non-hydrogen) atoms. The molecule has 0 aliphatic carbocycles. The zero-order valence-electron chi connectivity index (χ0n) is 14.7. The Balaban J connectivity index is 1.38. The highest BCUT2D eigenvalue weighted by atomic mass is 32.1. The van der Waals surface area contributed by atoms with Crippen molar-refractivity contribution in [1.82, 2.24) is 24.8 Å². The number of hydrogen-bond acceptors (Lipinski definition) is 6. The van der Waals surface area contributed by atoms with Crippen LogP contribution in [0, 0.1) is 5.82 Å². The summed E-state index contributed by atoms with van der Waals surface area (Å²) in [5, 5.41) is 9.03. The van der Waals surface area contributed by atoms with Crippen molar-refractivity contribution in [3.8, 4) is 11.4 Å². The number of hydrogen-bond donors (Lipinski definition) is 1. The topological polar surface area (TPSA) is 96.7 Å². The van der Waals surface area contributed by atoms with Crippen LogP contribution in [-0.2, 0) is 20.8 Å². The van der Waals surface area contributed by atoms with Crippen molar-refractivity contribution in [3.63, 3.8) is 0 Å². The van der Waals surface area contributed by atoms with Gasteiger partial charge in [0.2, 0.25) is 22.7 Å². The minimum atomic E-state index is -0.380. The molecule has 2 aromatic heterocycles. The number of imide groups is 1. The van der Waals surface area contributed by atoms with Crippen molar-refractivity contribution >= 4 is 34.0 Å². The van der Waals surface area contributed by atoms with Crippen molar-refractivity contribution in [2.75, 3.05) is 13.1 Å². The molecule has 1 fully saturated rings. The van der Waals surface area contributed by atoms with Gasteiger partial charge in [0, 0.05) is 36.8 Å². The quantitative estimate of drug-likeness (QED) is 0.630. The van der Waals surface area contributed by atoms with Crippen LogP contribution >= 0.6 is 11.3 Å². The largest absolute Gasteiger partial charge is 0.354 e. The summed E-state index contributed by atoms with van der Waals surface area (Å²) in [5.74, 6) is -0.926. The second-order valence-electron chi connectivity index (χ2n) is 6.34. The van der Waals surface area contributed by atoms with Crippen molar-refractivity contribution in [2.45, 2.75) is 19.3 Å². The van der Waals surface area contributed by atoms with E-state index < -0.39 is 0 Å². The molecule has 1 saturated heterocycles. The maximum atomic E-state index is 13.4. The van der Waals surface area contributed by atoms with E-state index in [0.717, 1.165) is 10.6 Å². The van der Waals surface area contributed by atoms with Gasteiger partial charge in [-0.3, -0.25) is 19.3 Å². The fraction of sp³-hybridized carbons (Fsp3) is 0.278. The molecule has 10 heteroatoms. The van der Waals surface area contributed by atoms with E-state index in [-0.39, 0.29) is 42.9 Å². The molecule has 0 spiro atoms. The Morgan fingerprint density at radius 1 is 1.25 bits per heavy atom. The molecule has 8 nitrogen and oxygen atoms in total. The third kappa shape index (κ3) is 3.63. The smallest absolute Gasteiger partial charge is 0.240 e. The van der Waals surface area contributed by atoms with Crippen LogP contribution in [0.4, 0.5) is 4.39 Å². The summed E-state index contributed by atoms with van der Waals surface area (Å²) < 4.78 is 15.1. The third-order valence-corrected chi connectivity index (χ3v) is 5.26. The zero-order chi connectivity index (χ0) is 19.7. The first-order valence-corrected chi connectivity index (χ1v) is 9.58. The number of amides is 3.